The number of thiophene rings is 1. The van der Waals surface area contributed by atoms with Gasteiger partial charge in [0.15, 0.2) is 0 Å². The zero-order valence-electron chi connectivity index (χ0n) is 11.0. The second-order valence-corrected chi connectivity index (χ2v) is 5.74. The first-order chi connectivity index (χ1) is 8.69. The summed E-state index contributed by atoms with van der Waals surface area (Å²) in [5, 5.41) is 0. The molecule has 0 unspecified atom stereocenters. The van der Waals surface area contributed by atoms with Crippen molar-refractivity contribution in [2.75, 3.05) is 7.11 Å². The van der Waals surface area contributed by atoms with Crippen molar-refractivity contribution in [3.8, 4) is 5.75 Å². The molecule has 0 bridgehead atoms. The lowest BCUT2D eigenvalue weighted by atomic mass is 10.2. The average Bonchev–Trinajstić information content (AvgIpc) is 2.69. The van der Waals surface area contributed by atoms with Crippen LogP contribution in [-0.4, -0.2) is 7.11 Å². The Kier molecular flexibility index (Phi) is 4.39. The van der Waals surface area contributed by atoms with E-state index in [0.29, 0.717) is 13.2 Å². The summed E-state index contributed by atoms with van der Waals surface area (Å²) in [5.74, 6) is 0.878. The van der Waals surface area contributed by atoms with E-state index in [1.165, 1.54) is 20.9 Å². The standard InChI is InChI=1S/C15H18O2S/c1-11-8-14(12(2)18-11)10-17-9-13-4-6-15(16-3)7-5-13/h4-8H,9-10H2,1-3H3. The summed E-state index contributed by atoms with van der Waals surface area (Å²) < 4.78 is 10.9. The highest BCUT2D eigenvalue weighted by atomic mass is 32.1. The number of ether oxygens (including phenoxy) is 2. The lowest BCUT2D eigenvalue weighted by molar-refractivity contribution is 0.107. The van der Waals surface area contributed by atoms with E-state index in [1.807, 2.05) is 35.6 Å². The second-order valence-electron chi connectivity index (χ2n) is 4.28. The van der Waals surface area contributed by atoms with Gasteiger partial charge in [-0.3, -0.25) is 0 Å². The van der Waals surface area contributed by atoms with E-state index in [2.05, 4.69) is 19.9 Å². The van der Waals surface area contributed by atoms with Gasteiger partial charge in [-0.1, -0.05) is 12.1 Å². The summed E-state index contributed by atoms with van der Waals surface area (Å²) in [5.41, 5.74) is 2.46. The minimum absolute atomic E-state index is 0.637. The molecule has 0 spiro atoms. The van der Waals surface area contributed by atoms with Gasteiger partial charge in [0.05, 0.1) is 20.3 Å². The first kappa shape index (κ1) is 13.1. The summed E-state index contributed by atoms with van der Waals surface area (Å²) >= 11 is 1.82. The summed E-state index contributed by atoms with van der Waals surface area (Å²) in [6.45, 7) is 5.59. The molecule has 0 fully saturated rings. The van der Waals surface area contributed by atoms with E-state index < -0.39 is 0 Å². The maximum atomic E-state index is 5.74. The van der Waals surface area contributed by atoms with E-state index in [4.69, 9.17) is 9.47 Å². The molecule has 0 atom stereocenters. The fourth-order valence-corrected chi connectivity index (χ4v) is 2.76. The van der Waals surface area contributed by atoms with Gasteiger partial charge in [0, 0.05) is 9.75 Å². The van der Waals surface area contributed by atoms with Gasteiger partial charge in [0.1, 0.15) is 5.75 Å². The summed E-state index contributed by atoms with van der Waals surface area (Å²) in [6, 6.07) is 10.2. The molecule has 1 heterocycles. The van der Waals surface area contributed by atoms with Gasteiger partial charge in [0.2, 0.25) is 0 Å². The van der Waals surface area contributed by atoms with Crippen LogP contribution >= 0.6 is 11.3 Å². The molecule has 0 aliphatic carbocycles. The molecule has 1 aromatic heterocycles. The Labute approximate surface area is 112 Å². The Morgan fingerprint density at radius 2 is 1.78 bits per heavy atom. The van der Waals surface area contributed by atoms with Crippen LogP contribution in [0.1, 0.15) is 20.9 Å². The average molecular weight is 262 g/mol. The normalized spacial score (nSPS) is 10.6. The SMILES string of the molecule is COc1ccc(COCc2cc(C)sc2C)cc1. The van der Waals surface area contributed by atoms with Crippen LogP contribution < -0.4 is 4.74 Å². The van der Waals surface area contributed by atoms with E-state index in [-0.39, 0.29) is 0 Å². The van der Waals surface area contributed by atoms with Crippen LogP contribution in [0.15, 0.2) is 30.3 Å². The van der Waals surface area contributed by atoms with Gasteiger partial charge in [-0.2, -0.15) is 0 Å². The Morgan fingerprint density at radius 3 is 2.33 bits per heavy atom. The number of benzene rings is 1. The van der Waals surface area contributed by atoms with Crippen molar-refractivity contribution in [3.63, 3.8) is 0 Å². The minimum atomic E-state index is 0.637. The highest BCUT2D eigenvalue weighted by molar-refractivity contribution is 7.12. The van der Waals surface area contributed by atoms with Crippen LogP contribution in [-0.2, 0) is 18.0 Å². The predicted octanol–water partition coefficient (Wildman–Crippen LogP) is 4.09. The van der Waals surface area contributed by atoms with Gasteiger partial charge >= 0.3 is 0 Å². The van der Waals surface area contributed by atoms with E-state index in [1.54, 1.807) is 7.11 Å². The van der Waals surface area contributed by atoms with Crippen LogP contribution in [0.4, 0.5) is 0 Å². The highest BCUT2D eigenvalue weighted by Crippen LogP contribution is 2.21. The fraction of sp³-hybridized carbons (Fsp3) is 0.333. The Balaban J connectivity index is 1.86. The Bertz CT molecular complexity index is 500. The number of methoxy groups -OCH3 is 1. The van der Waals surface area contributed by atoms with Gasteiger partial charge in [0.25, 0.3) is 0 Å². The molecule has 0 amide bonds. The van der Waals surface area contributed by atoms with Crippen LogP contribution in [0.2, 0.25) is 0 Å². The molecule has 18 heavy (non-hydrogen) atoms. The minimum Gasteiger partial charge on any atom is -0.497 e. The highest BCUT2D eigenvalue weighted by Gasteiger charge is 2.03. The van der Waals surface area contributed by atoms with Crippen molar-refractivity contribution in [1.29, 1.82) is 0 Å². The topological polar surface area (TPSA) is 18.5 Å². The van der Waals surface area contributed by atoms with Crippen LogP contribution in [0, 0.1) is 13.8 Å². The molecule has 1 aromatic carbocycles. The van der Waals surface area contributed by atoms with Crippen LogP contribution in [0.3, 0.4) is 0 Å². The first-order valence-corrected chi connectivity index (χ1v) is 6.77. The molecule has 2 aromatic rings. The molecule has 0 N–H and O–H groups in total. The molecule has 96 valence electrons. The number of aryl methyl sites for hydroxylation is 2. The molecule has 0 saturated carbocycles. The van der Waals surface area contributed by atoms with Crippen molar-refractivity contribution < 1.29 is 9.47 Å². The third-order valence-electron chi connectivity index (χ3n) is 2.83. The molecule has 0 aliphatic rings. The number of hydrogen-bond donors (Lipinski definition) is 0. The maximum Gasteiger partial charge on any atom is 0.118 e. The molecule has 0 radical (unpaired) electrons. The van der Waals surface area contributed by atoms with Crippen molar-refractivity contribution >= 4 is 11.3 Å². The molecule has 2 nitrogen and oxygen atoms in total. The van der Waals surface area contributed by atoms with Crippen molar-refractivity contribution in [1.82, 2.24) is 0 Å². The third kappa shape index (κ3) is 3.34. The molecule has 3 heteroatoms. The lowest BCUT2D eigenvalue weighted by Gasteiger charge is -2.05. The summed E-state index contributed by atoms with van der Waals surface area (Å²) in [4.78, 5) is 2.69. The smallest absolute Gasteiger partial charge is 0.118 e. The second kappa shape index (κ2) is 6.03. The molecule has 0 saturated heterocycles. The molecule has 2 rings (SSSR count). The monoisotopic (exact) mass is 262 g/mol. The molecular formula is C15H18O2S. The van der Waals surface area contributed by atoms with Crippen LogP contribution in [0.25, 0.3) is 0 Å². The Hall–Kier alpha value is -1.32. The zero-order valence-corrected chi connectivity index (χ0v) is 11.8. The molecule has 0 aliphatic heterocycles. The largest absolute Gasteiger partial charge is 0.497 e. The zero-order chi connectivity index (χ0) is 13.0. The number of hydrogen-bond acceptors (Lipinski definition) is 3. The lowest BCUT2D eigenvalue weighted by Crippen LogP contribution is -1.94. The third-order valence-corrected chi connectivity index (χ3v) is 3.84. The van der Waals surface area contributed by atoms with E-state index in [9.17, 15) is 0 Å². The maximum absolute atomic E-state index is 5.74. The fourth-order valence-electron chi connectivity index (χ4n) is 1.83. The summed E-state index contributed by atoms with van der Waals surface area (Å²) in [7, 11) is 1.67. The summed E-state index contributed by atoms with van der Waals surface area (Å²) in [6.07, 6.45) is 0. The van der Waals surface area contributed by atoms with Crippen LogP contribution in [0.5, 0.6) is 5.75 Å². The number of rotatable bonds is 5. The van der Waals surface area contributed by atoms with E-state index >= 15 is 0 Å². The van der Waals surface area contributed by atoms with Crippen molar-refractivity contribution in [3.05, 3.63) is 51.2 Å². The van der Waals surface area contributed by atoms with Gasteiger partial charge in [-0.25, -0.2) is 0 Å². The molecular weight excluding hydrogens is 244 g/mol. The Morgan fingerprint density at radius 1 is 1.06 bits per heavy atom. The van der Waals surface area contributed by atoms with Gasteiger partial charge in [-0.15, -0.1) is 11.3 Å². The first-order valence-electron chi connectivity index (χ1n) is 5.95. The van der Waals surface area contributed by atoms with E-state index in [0.717, 1.165) is 5.75 Å². The predicted molar refractivity (Wildman–Crippen MR) is 75.3 cm³/mol. The van der Waals surface area contributed by atoms with Gasteiger partial charge in [-0.05, 0) is 43.2 Å². The van der Waals surface area contributed by atoms with Crippen molar-refractivity contribution in [2.45, 2.75) is 27.1 Å². The van der Waals surface area contributed by atoms with Crippen molar-refractivity contribution in [2.24, 2.45) is 0 Å². The van der Waals surface area contributed by atoms with Gasteiger partial charge < -0.3 is 9.47 Å². The quantitative estimate of drug-likeness (QED) is 0.808.